The fraction of sp³-hybridized carbons (Fsp3) is 0.615. The highest BCUT2D eigenvalue weighted by Crippen LogP contribution is 2.27. The van der Waals surface area contributed by atoms with Gasteiger partial charge in [-0.15, -0.1) is 0 Å². The summed E-state index contributed by atoms with van der Waals surface area (Å²) in [4.78, 5) is 6.80. The summed E-state index contributed by atoms with van der Waals surface area (Å²) in [6, 6.07) is 2.58. The number of hydrogen-bond acceptors (Lipinski definition) is 4. The van der Waals surface area contributed by atoms with E-state index in [0.29, 0.717) is 12.6 Å². The van der Waals surface area contributed by atoms with Gasteiger partial charge in [-0.3, -0.25) is 0 Å². The number of hydrogen-bond donors (Lipinski definition) is 1. The maximum Gasteiger partial charge on any atom is 0.143 e. The summed E-state index contributed by atoms with van der Waals surface area (Å²) in [5.41, 5.74) is 0. The first-order chi connectivity index (χ1) is 9.20. The van der Waals surface area contributed by atoms with Crippen LogP contribution in [0.5, 0.6) is 0 Å². The van der Waals surface area contributed by atoms with Crippen molar-refractivity contribution in [2.24, 2.45) is 0 Å². The lowest BCUT2D eigenvalue weighted by Gasteiger charge is -2.27. The SMILES string of the molecule is COCCN(CC1CCCN1)c1ncc(Br)cc1Br. The molecule has 0 aliphatic carbocycles. The van der Waals surface area contributed by atoms with Gasteiger partial charge >= 0.3 is 0 Å². The zero-order valence-electron chi connectivity index (χ0n) is 11.0. The van der Waals surface area contributed by atoms with E-state index in [1.807, 2.05) is 12.3 Å². The number of aromatic nitrogens is 1. The highest BCUT2D eigenvalue weighted by molar-refractivity contribution is 9.11. The van der Waals surface area contributed by atoms with E-state index in [0.717, 1.165) is 34.4 Å². The molecule has 1 aliphatic rings. The lowest BCUT2D eigenvalue weighted by Crippen LogP contribution is -2.39. The number of nitrogens with zero attached hydrogens (tertiary/aromatic N) is 2. The molecule has 1 saturated heterocycles. The van der Waals surface area contributed by atoms with Crippen LogP contribution in [-0.2, 0) is 4.74 Å². The van der Waals surface area contributed by atoms with Gasteiger partial charge in [-0.05, 0) is 57.3 Å². The monoisotopic (exact) mass is 391 g/mol. The maximum atomic E-state index is 5.21. The van der Waals surface area contributed by atoms with Crippen molar-refractivity contribution in [1.82, 2.24) is 10.3 Å². The third kappa shape index (κ3) is 4.41. The zero-order valence-corrected chi connectivity index (χ0v) is 14.2. The fourth-order valence-corrected chi connectivity index (χ4v) is 3.54. The second-order valence-corrected chi connectivity index (χ2v) is 6.46. The Kier molecular flexibility index (Phi) is 6.06. The summed E-state index contributed by atoms with van der Waals surface area (Å²) < 4.78 is 7.20. The van der Waals surface area contributed by atoms with Gasteiger partial charge in [-0.2, -0.15) is 0 Å². The molecule has 1 fully saturated rings. The van der Waals surface area contributed by atoms with Crippen molar-refractivity contribution in [1.29, 1.82) is 0 Å². The second kappa shape index (κ2) is 7.57. The van der Waals surface area contributed by atoms with Gasteiger partial charge in [0.25, 0.3) is 0 Å². The molecule has 1 aromatic rings. The lowest BCUT2D eigenvalue weighted by molar-refractivity contribution is 0.204. The Balaban J connectivity index is 2.10. The topological polar surface area (TPSA) is 37.4 Å². The number of nitrogens with one attached hydrogen (secondary N) is 1. The van der Waals surface area contributed by atoms with E-state index in [-0.39, 0.29) is 0 Å². The predicted octanol–water partition coefficient (Wildman–Crippen LogP) is 2.81. The third-order valence-corrected chi connectivity index (χ3v) is 4.27. The van der Waals surface area contributed by atoms with Gasteiger partial charge < -0.3 is 15.0 Å². The van der Waals surface area contributed by atoms with Crippen molar-refractivity contribution in [3.63, 3.8) is 0 Å². The van der Waals surface area contributed by atoms with Crippen LogP contribution in [0.3, 0.4) is 0 Å². The second-order valence-electron chi connectivity index (χ2n) is 4.69. The molecule has 1 N–H and O–H groups in total. The molecule has 2 heterocycles. The van der Waals surface area contributed by atoms with Crippen molar-refractivity contribution in [2.45, 2.75) is 18.9 Å². The summed E-state index contributed by atoms with van der Waals surface area (Å²) in [6.07, 6.45) is 4.33. The summed E-state index contributed by atoms with van der Waals surface area (Å²) in [5.74, 6) is 0.981. The van der Waals surface area contributed by atoms with Crippen LogP contribution in [0.4, 0.5) is 5.82 Å². The Labute approximate surface area is 131 Å². The summed E-state index contributed by atoms with van der Waals surface area (Å²) in [6.45, 7) is 3.65. The Morgan fingerprint density at radius 3 is 3.00 bits per heavy atom. The molecule has 0 spiro atoms. The quantitative estimate of drug-likeness (QED) is 0.807. The first kappa shape index (κ1) is 15.2. The van der Waals surface area contributed by atoms with Crippen LogP contribution in [0.25, 0.3) is 0 Å². The minimum absolute atomic E-state index is 0.550. The largest absolute Gasteiger partial charge is 0.383 e. The van der Waals surface area contributed by atoms with Crippen molar-refractivity contribution in [2.75, 3.05) is 38.3 Å². The number of methoxy groups -OCH3 is 1. The molecule has 0 amide bonds. The Hall–Kier alpha value is -0.170. The van der Waals surface area contributed by atoms with Gasteiger partial charge in [0.15, 0.2) is 0 Å². The van der Waals surface area contributed by atoms with Crippen LogP contribution < -0.4 is 10.2 Å². The van der Waals surface area contributed by atoms with Crippen LogP contribution in [0.15, 0.2) is 21.2 Å². The van der Waals surface area contributed by atoms with Crippen molar-refractivity contribution >= 4 is 37.7 Å². The van der Waals surface area contributed by atoms with Crippen molar-refractivity contribution in [3.05, 3.63) is 21.2 Å². The van der Waals surface area contributed by atoms with Crippen LogP contribution in [0.1, 0.15) is 12.8 Å². The highest BCUT2D eigenvalue weighted by Gasteiger charge is 2.20. The molecule has 4 nitrogen and oxygen atoms in total. The van der Waals surface area contributed by atoms with E-state index in [4.69, 9.17) is 4.74 Å². The van der Waals surface area contributed by atoms with Crippen molar-refractivity contribution in [3.8, 4) is 0 Å². The molecule has 1 aliphatic heterocycles. The van der Waals surface area contributed by atoms with E-state index in [1.54, 1.807) is 7.11 Å². The van der Waals surface area contributed by atoms with Gasteiger partial charge in [0.1, 0.15) is 5.82 Å². The van der Waals surface area contributed by atoms with Gasteiger partial charge in [0.05, 0.1) is 11.1 Å². The summed E-state index contributed by atoms with van der Waals surface area (Å²) >= 11 is 7.03. The first-order valence-electron chi connectivity index (χ1n) is 6.49. The summed E-state index contributed by atoms with van der Waals surface area (Å²) in [5, 5.41) is 3.53. The lowest BCUT2D eigenvalue weighted by atomic mass is 10.2. The van der Waals surface area contributed by atoms with Crippen LogP contribution >= 0.6 is 31.9 Å². The maximum absolute atomic E-state index is 5.21. The first-order valence-corrected chi connectivity index (χ1v) is 8.07. The van der Waals surface area contributed by atoms with E-state index < -0.39 is 0 Å². The Bertz CT molecular complexity index is 411. The molecule has 1 unspecified atom stereocenters. The van der Waals surface area contributed by atoms with Gasteiger partial charge in [0.2, 0.25) is 0 Å². The fourth-order valence-electron chi connectivity index (χ4n) is 2.30. The molecule has 0 radical (unpaired) electrons. The minimum Gasteiger partial charge on any atom is -0.383 e. The van der Waals surface area contributed by atoms with E-state index >= 15 is 0 Å². The Morgan fingerprint density at radius 1 is 1.53 bits per heavy atom. The molecule has 0 aromatic carbocycles. The molecular weight excluding hydrogens is 374 g/mol. The molecule has 0 saturated carbocycles. The molecule has 106 valence electrons. The molecule has 6 heteroatoms. The molecule has 19 heavy (non-hydrogen) atoms. The summed E-state index contributed by atoms with van der Waals surface area (Å²) in [7, 11) is 1.73. The molecule has 2 rings (SSSR count). The molecule has 1 aromatic heterocycles. The van der Waals surface area contributed by atoms with E-state index in [9.17, 15) is 0 Å². The standard InChI is InChI=1S/C13H19Br2N3O/c1-19-6-5-18(9-11-3-2-4-16-11)13-12(15)7-10(14)8-17-13/h7-8,11,16H,2-6,9H2,1H3. The average Bonchev–Trinajstić information content (AvgIpc) is 2.88. The minimum atomic E-state index is 0.550. The predicted molar refractivity (Wildman–Crippen MR) is 84.8 cm³/mol. The molecule has 1 atom stereocenters. The van der Waals surface area contributed by atoms with E-state index in [2.05, 4.69) is 47.1 Å². The number of rotatable bonds is 6. The van der Waals surface area contributed by atoms with Crippen LogP contribution in [-0.4, -0.2) is 44.4 Å². The average molecular weight is 393 g/mol. The third-order valence-electron chi connectivity index (χ3n) is 3.26. The highest BCUT2D eigenvalue weighted by atomic mass is 79.9. The number of anilines is 1. The van der Waals surface area contributed by atoms with Gasteiger partial charge in [0, 0.05) is 36.9 Å². The normalized spacial score (nSPS) is 18.8. The zero-order chi connectivity index (χ0) is 13.7. The van der Waals surface area contributed by atoms with Gasteiger partial charge in [-0.1, -0.05) is 0 Å². The smallest absolute Gasteiger partial charge is 0.143 e. The number of halogens is 2. The number of pyridine rings is 1. The van der Waals surface area contributed by atoms with Crippen LogP contribution in [0.2, 0.25) is 0 Å². The van der Waals surface area contributed by atoms with Gasteiger partial charge in [-0.25, -0.2) is 4.98 Å². The van der Waals surface area contributed by atoms with Crippen LogP contribution in [0, 0.1) is 0 Å². The van der Waals surface area contributed by atoms with Crippen molar-refractivity contribution < 1.29 is 4.74 Å². The molecule has 0 bridgehead atoms. The Morgan fingerprint density at radius 2 is 2.37 bits per heavy atom. The van der Waals surface area contributed by atoms with E-state index in [1.165, 1.54) is 12.8 Å². The molecular formula is C13H19Br2N3O. The number of ether oxygens (including phenoxy) is 1.